The van der Waals surface area contributed by atoms with E-state index < -0.39 is 0 Å². The highest BCUT2D eigenvalue weighted by Gasteiger charge is 3.02. The molecular weight excluding hydrogens is 256 g/mol. The van der Waals surface area contributed by atoms with Crippen LogP contribution in [0.25, 0.3) is 0 Å². The van der Waals surface area contributed by atoms with Crippen LogP contribution in [0.3, 0.4) is 0 Å². The number of aliphatic hydroxyl groups is 1. The van der Waals surface area contributed by atoms with E-state index in [1.54, 1.807) is 0 Å². The lowest BCUT2D eigenvalue weighted by Crippen LogP contribution is -2.42. The second kappa shape index (κ2) is 1.81. The lowest BCUT2D eigenvalue weighted by Gasteiger charge is -2.35. The molecule has 106 valence electrons. The zero-order chi connectivity index (χ0) is 12.5. The molecule has 0 radical (unpaired) electrons. The number of hydrogen-bond donors (Lipinski definition) is 1. The van der Waals surface area contributed by atoms with Crippen LogP contribution in [-0.4, -0.2) is 10.7 Å². The highest BCUT2D eigenvalue weighted by atomic mass is 16.3. The molecule has 0 aliphatic heterocycles. The summed E-state index contributed by atoms with van der Waals surface area (Å²) in [5, 5.41) is 12.1. The summed E-state index contributed by atoms with van der Waals surface area (Å²) in [7, 11) is 0. The first-order valence-electron chi connectivity index (χ1n) is 10.1. The summed E-state index contributed by atoms with van der Waals surface area (Å²) >= 11 is 0. The van der Waals surface area contributed by atoms with Gasteiger partial charge in [0.25, 0.3) is 0 Å². The SMILES string of the molecule is OC12C3[C@@H]4[C@@H]5C6C7C8[C@@H]9[C@@H]6[C@@H]4C1[C@H]9[C@@H]1C2[C@H]2[C@@H](C7[C@@H]5[C@@H]32)[C@H]81. The van der Waals surface area contributed by atoms with Crippen LogP contribution in [0, 0.1) is 112 Å². The fourth-order valence-electron chi connectivity index (χ4n) is 15.4. The average molecular weight is 276 g/mol. The van der Waals surface area contributed by atoms with E-state index in [2.05, 4.69) is 0 Å². The quantitative estimate of drug-likeness (QED) is 0.712. The molecule has 8 unspecified atom stereocenters. The van der Waals surface area contributed by atoms with Crippen LogP contribution in [0.4, 0.5) is 0 Å². The first kappa shape index (κ1) is 8.71. The van der Waals surface area contributed by atoms with E-state index in [9.17, 15) is 5.11 Å². The second-order valence-corrected chi connectivity index (χ2v) is 11.7. The van der Waals surface area contributed by atoms with Gasteiger partial charge in [-0.05, 0) is 112 Å². The lowest BCUT2D eigenvalue weighted by atomic mass is 9.75. The molecule has 12 aliphatic rings. The molecule has 1 N–H and O–H groups in total. The van der Waals surface area contributed by atoms with Crippen molar-refractivity contribution in [3.8, 4) is 0 Å². The van der Waals surface area contributed by atoms with Crippen molar-refractivity contribution in [3.05, 3.63) is 0 Å². The predicted octanol–water partition coefficient (Wildman–Crippen LogP) is 1.57. The van der Waals surface area contributed by atoms with Crippen LogP contribution >= 0.6 is 0 Å². The molecule has 0 amide bonds. The van der Waals surface area contributed by atoms with Crippen molar-refractivity contribution in [2.24, 2.45) is 112 Å². The Morgan fingerprint density at radius 2 is 0.524 bits per heavy atom. The summed E-state index contributed by atoms with van der Waals surface area (Å²) in [6.07, 6.45) is 0. The zero-order valence-corrected chi connectivity index (χ0v) is 11.9. The highest BCUT2D eigenvalue weighted by molar-refractivity contribution is 5.48. The maximum Gasteiger partial charge on any atom is 0.0748 e. The van der Waals surface area contributed by atoms with Gasteiger partial charge in [-0.1, -0.05) is 0 Å². The number of rotatable bonds is 0. The Kier molecular flexibility index (Phi) is 0.751. The molecule has 0 saturated heterocycles. The van der Waals surface area contributed by atoms with E-state index in [-0.39, 0.29) is 5.60 Å². The van der Waals surface area contributed by atoms with Crippen molar-refractivity contribution >= 4 is 0 Å². The molecule has 1 heteroatoms. The summed E-state index contributed by atoms with van der Waals surface area (Å²) in [4.78, 5) is 0. The van der Waals surface area contributed by atoms with Crippen LogP contribution in [0.2, 0.25) is 0 Å². The van der Waals surface area contributed by atoms with Gasteiger partial charge in [-0.25, -0.2) is 0 Å². The average Bonchev–Trinajstić information content (AvgIpc) is 3.10. The first-order chi connectivity index (χ1) is 10.4. The second-order valence-electron chi connectivity index (χ2n) is 11.7. The minimum atomic E-state index is -0.0991. The minimum Gasteiger partial charge on any atom is -0.389 e. The van der Waals surface area contributed by atoms with Gasteiger partial charge in [-0.2, -0.15) is 0 Å². The Bertz CT molecular complexity index is 611. The van der Waals surface area contributed by atoms with Gasteiger partial charge in [0, 0.05) is 0 Å². The Balaban J connectivity index is 1.49. The van der Waals surface area contributed by atoms with E-state index >= 15 is 0 Å². The van der Waals surface area contributed by atoms with Crippen LogP contribution in [0.15, 0.2) is 0 Å². The van der Waals surface area contributed by atoms with Gasteiger partial charge in [0.15, 0.2) is 0 Å². The van der Waals surface area contributed by atoms with Crippen molar-refractivity contribution < 1.29 is 5.11 Å². The smallest absolute Gasteiger partial charge is 0.0748 e. The van der Waals surface area contributed by atoms with Crippen molar-refractivity contribution in [3.63, 3.8) is 0 Å². The van der Waals surface area contributed by atoms with Gasteiger partial charge in [0.1, 0.15) is 0 Å². The van der Waals surface area contributed by atoms with Gasteiger partial charge in [-0.15, -0.1) is 0 Å². The molecule has 12 saturated carbocycles. The van der Waals surface area contributed by atoms with Crippen LogP contribution in [-0.2, 0) is 0 Å². The summed E-state index contributed by atoms with van der Waals surface area (Å²) in [6, 6.07) is 0. The van der Waals surface area contributed by atoms with Gasteiger partial charge >= 0.3 is 0 Å². The molecule has 0 bridgehead atoms. The highest BCUT2D eigenvalue weighted by Crippen LogP contribution is 3.02. The molecule has 20 atom stereocenters. The molecule has 12 fully saturated rings. The lowest BCUT2D eigenvalue weighted by molar-refractivity contribution is -0.0552. The monoisotopic (exact) mass is 276 g/mol. The fraction of sp³-hybridized carbons (Fsp3) is 1.00. The molecule has 0 heterocycles. The first-order valence-corrected chi connectivity index (χ1v) is 10.1. The van der Waals surface area contributed by atoms with Crippen LogP contribution < -0.4 is 0 Å². The van der Waals surface area contributed by atoms with E-state index in [1.165, 1.54) is 23.7 Å². The summed E-state index contributed by atoms with van der Waals surface area (Å²) in [5.41, 5.74) is -0.0991. The van der Waals surface area contributed by atoms with E-state index in [0.29, 0.717) is 0 Å². The van der Waals surface area contributed by atoms with Crippen LogP contribution in [0.5, 0.6) is 0 Å². The van der Waals surface area contributed by atoms with Gasteiger partial charge in [-0.3, -0.25) is 0 Å². The molecule has 0 aromatic carbocycles. The Labute approximate surface area is 123 Å². The standard InChI is InChI=1S/C20H20O/c21-20-17-11-5-2-1-3-7(5)13(17)15-9(3)10-4(1)8-6(2)12(11)18(20)14(8)16(10)19(15)20/h1-19,21H/t1?,2?,3?,4?,5-,6-,7-,8+,9+,10+,11-,12+,13+,14+,15+,16-,17?,18?,19?,20?/m0/s1. The maximum absolute atomic E-state index is 12.1. The minimum absolute atomic E-state index is 0.0991. The normalized spacial score (nSPS) is 107. The third-order valence-corrected chi connectivity index (χ3v) is 13.4. The number of hydrogen-bond acceptors (Lipinski definition) is 1. The van der Waals surface area contributed by atoms with Crippen molar-refractivity contribution in [1.29, 1.82) is 0 Å². The van der Waals surface area contributed by atoms with Crippen molar-refractivity contribution in [2.75, 3.05) is 0 Å². The van der Waals surface area contributed by atoms with Gasteiger partial charge in [0.2, 0.25) is 0 Å². The Morgan fingerprint density at radius 1 is 0.333 bits per heavy atom. The molecule has 0 aromatic rings. The molecule has 12 rings (SSSR count). The molecule has 0 spiro atoms. The van der Waals surface area contributed by atoms with Gasteiger partial charge < -0.3 is 5.11 Å². The maximum atomic E-state index is 12.1. The molecule has 21 heavy (non-hydrogen) atoms. The van der Waals surface area contributed by atoms with E-state index in [0.717, 1.165) is 88.8 Å². The topological polar surface area (TPSA) is 20.2 Å². The molecule has 1 nitrogen and oxygen atoms in total. The third-order valence-electron chi connectivity index (χ3n) is 13.4. The third kappa shape index (κ3) is 0.406. The van der Waals surface area contributed by atoms with Crippen molar-refractivity contribution in [2.45, 2.75) is 5.60 Å². The van der Waals surface area contributed by atoms with Crippen LogP contribution in [0.1, 0.15) is 0 Å². The zero-order valence-electron chi connectivity index (χ0n) is 11.9. The van der Waals surface area contributed by atoms with E-state index in [4.69, 9.17) is 0 Å². The summed E-state index contributed by atoms with van der Waals surface area (Å²) in [5.74, 6) is 20.6. The van der Waals surface area contributed by atoms with Crippen molar-refractivity contribution in [1.82, 2.24) is 0 Å². The molecule has 12 aliphatic carbocycles. The Morgan fingerprint density at radius 3 is 0.762 bits per heavy atom. The van der Waals surface area contributed by atoms with E-state index in [1.807, 2.05) is 0 Å². The summed E-state index contributed by atoms with van der Waals surface area (Å²) < 4.78 is 0. The molecular formula is C20H20O. The fourth-order valence-corrected chi connectivity index (χ4v) is 15.4. The Hall–Kier alpha value is -0.0400. The predicted molar refractivity (Wildman–Crippen MR) is 71.3 cm³/mol. The largest absolute Gasteiger partial charge is 0.389 e. The summed E-state index contributed by atoms with van der Waals surface area (Å²) in [6.45, 7) is 0. The van der Waals surface area contributed by atoms with Gasteiger partial charge in [0.05, 0.1) is 5.60 Å². The molecule has 0 aromatic heterocycles.